The lowest BCUT2D eigenvalue weighted by Gasteiger charge is -2.12. The maximum absolute atomic E-state index is 5.71. The van der Waals surface area contributed by atoms with Crippen molar-refractivity contribution in [3.8, 4) is 0 Å². The SMILES string of the molecule is C[C](C)c1ccc(C(Cl)(Cl)Cl)cc1. The Morgan fingerprint density at radius 2 is 1.46 bits per heavy atom. The van der Waals surface area contributed by atoms with Crippen molar-refractivity contribution in [2.24, 2.45) is 0 Å². The number of halogens is 3. The summed E-state index contributed by atoms with van der Waals surface area (Å²) in [5, 5.41) is 0. The van der Waals surface area contributed by atoms with Crippen LogP contribution in [0, 0.1) is 5.92 Å². The molecule has 0 heterocycles. The van der Waals surface area contributed by atoms with Crippen molar-refractivity contribution < 1.29 is 0 Å². The fraction of sp³-hybridized carbons (Fsp3) is 0.300. The zero-order valence-electron chi connectivity index (χ0n) is 7.44. The van der Waals surface area contributed by atoms with Crippen molar-refractivity contribution in [2.75, 3.05) is 0 Å². The van der Waals surface area contributed by atoms with Crippen LogP contribution in [0.2, 0.25) is 0 Å². The first kappa shape index (κ1) is 11.2. The molecule has 0 saturated carbocycles. The summed E-state index contributed by atoms with van der Waals surface area (Å²) < 4.78 is -1.32. The molecule has 0 unspecified atom stereocenters. The van der Waals surface area contributed by atoms with Gasteiger partial charge >= 0.3 is 0 Å². The quantitative estimate of drug-likeness (QED) is 0.631. The summed E-state index contributed by atoms with van der Waals surface area (Å²) in [5.41, 5.74) is 1.86. The number of hydrogen-bond acceptors (Lipinski definition) is 0. The predicted octanol–water partition coefficient (Wildman–Crippen LogP) is 4.48. The molecule has 1 radical (unpaired) electrons. The van der Waals surface area contributed by atoms with E-state index in [9.17, 15) is 0 Å². The molecule has 0 aromatic heterocycles. The predicted molar refractivity (Wildman–Crippen MR) is 59.4 cm³/mol. The normalized spacial score (nSPS) is 12.2. The summed E-state index contributed by atoms with van der Waals surface area (Å²) in [6.45, 7) is 4.09. The molecule has 0 aliphatic carbocycles. The van der Waals surface area contributed by atoms with Crippen LogP contribution in [0.25, 0.3) is 0 Å². The summed E-state index contributed by atoms with van der Waals surface area (Å²) in [6, 6.07) is 7.56. The molecule has 0 saturated heterocycles. The first-order valence-electron chi connectivity index (χ1n) is 3.89. The highest BCUT2D eigenvalue weighted by atomic mass is 35.6. The maximum atomic E-state index is 5.71. The Labute approximate surface area is 93.8 Å². The lowest BCUT2D eigenvalue weighted by Crippen LogP contribution is -2.00. The van der Waals surface area contributed by atoms with Crippen molar-refractivity contribution in [3.05, 3.63) is 41.3 Å². The molecule has 0 amide bonds. The summed E-state index contributed by atoms with van der Waals surface area (Å²) in [5.74, 6) is 1.25. The molecule has 0 bridgehead atoms. The van der Waals surface area contributed by atoms with E-state index in [2.05, 4.69) is 0 Å². The summed E-state index contributed by atoms with van der Waals surface area (Å²) in [7, 11) is 0. The summed E-state index contributed by atoms with van der Waals surface area (Å²) in [4.78, 5) is 0. The van der Waals surface area contributed by atoms with E-state index in [1.165, 1.54) is 5.92 Å². The standard InChI is InChI=1S/C10H10Cl3/c1-7(2)8-3-5-9(6-4-8)10(11,12)13/h3-6H,1-2H3. The first-order chi connectivity index (χ1) is 5.91. The number of alkyl halides is 3. The lowest BCUT2D eigenvalue weighted by atomic mass is 10.0. The van der Waals surface area contributed by atoms with Crippen molar-refractivity contribution in [3.63, 3.8) is 0 Å². The summed E-state index contributed by atoms with van der Waals surface area (Å²) in [6.07, 6.45) is 0. The highest BCUT2D eigenvalue weighted by molar-refractivity contribution is 6.66. The van der Waals surface area contributed by atoms with E-state index in [-0.39, 0.29) is 0 Å². The first-order valence-corrected chi connectivity index (χ1v) is 5.02. The van der Waals surface area contributed by atoms with Gasteiger partial charge in [-0.25, -0.2) is 0 Å². The van der Waals surface area contributed by atoms with E-state index in [1.54, 1.807) is 0 Å². The largest absolute Gasteiger partial charge is 0.216 e. The minimum Gasteiger partial charge on any atom is -0.0784 e. The Kier molecular flexibility index (Phi) is 3.50. The molecule has 0 atom stereocenters. The zero-order chi connectivity index (χ0) is 10.1. The van der Waals surface area contributed by atoms with Gasteiger partial charge in [-0.15, -0.1) is 0 Å². The van der Waals surface area contributed by atoms with Crippen molar-refractivity contribution in [1.29, 1.82) is 0 Å². The Hall–Kier alpha value is 0.0900. The van der Waals surface area contributed by atoms with Crippen LogP contribution in [0.4, 0.5) is 0 Å². The average Bonchev–Trinajstić information content (AvgIpc) is 2.03. The Bertz CT molecular complexity index is 269. The minimum absolute atomic E-state index is 0.697. The number of hydrogen-bond donors (Lipinski definition) is 0. The van der Waals surface area contributed by atoms with E-state index < -0.39 is 3.79 Å². The van der Waals surface area contributed by atoms with Crippen molar-refractivity contribution in [2.45, 2.75) is 17.6 Å². The third-order valence-corrected chi connectivity index (χ3v) is 2.44. The Morgan fingerprint density at radius 1 is 1.00 bits per heavy atom. The second kappa shape index (κ2) is 4.08. The van der Waals surface area contributed by atoms with Gasteiger partial charge in [0, 0.05) is 5.56 Å². The van der Waals surface area contributed by atoms with Gasteiger partial charge in [0.05, 0.1) is 0 Å². The topological polar surface area (TPSA) is 0 Å². The molecule has 3 heteroatoms. The van der Waals surface area contributed by atoms with E-state index in [0.29, 0.717) is 5.56 Å². The van der Waals surface area contributed by atoms with Gasteiger partial charge in [0.1, 0.15) is 0 Å². The molecule has 0 fully saturated rings. The van der Waals surface area contributed by atoms with Gasteiger partial charge in [0.15, 0.2) is 0 Å². The fourth-order valence-corrected chi connectivity index (χ4v) is 1.37. The number of rotatable bonds is 1. The number of benzene rings is 1. The maximum Gasteiger partial charge on any atom is 0.216 e. The molecular formula is C10H10Cl3. The van der Waals surface area contributed by atoms with Gasteiger partial charge in [0.2, 0.25) is 3.79 Å². The van der Waals surface area contributed by atoms with Crippen LogP contribution in [0.15, 0.2) is 24.3 Å². The molecule has 13 heavy (non-hydrogen) atoms. The molecule has 0 spiro atoms. The fourth-order valence-electron chi connectivity index (χ4n) is 0.993. The Morgan fingerprint density at radius 3 is 1.77 bits per heavy atom. The monoisotopic (exact) mass is 235 g/mol. The molecule has 0 nitrogen and oxygen atoms in total. The van der Waals surface area contributed by atoms with Crippen molar-refractivity contribution in [1.82, 2.24) is 0 Å². The van der Waals surface area contributed by atoms with Gasteiger partial charge < -0.3 is 0 Å². The zero-order valence-corrected chi connectivity index (χ0v) is 9.71. The van der Waals surface area contributed by atoms with Gasteiger partial charge in [0.25, 0.3) is 0 Å². The Balaban J connectivity index is 2.94. The smallest absolute Gasteiger partial charge is 0.0784 e. The van der Waals surface area contributed by atoms with Crippen LogP contribution < -0.4 is 0 Å². The minimum atomic E-state index is -1.32. The third kappa shape index (κ3) is 3.05. The lowest BCUT2D eigenvalue weighted by molar-refractivity contribution is 1.13. The molecule has 0 N–H and O–H groups in total. The molecule has 71 valence electrons. The van der Waals surface area contributed by atoms with Crippen LogP contribution in [-0.2, 0) is 3.79 Å². The molecule has 0 aliphatic heterocycles. The van der Waals surface area contributed by atoms with Crippen LogP contribution >= 0.6 is 34.8 Å². The van der Waals surface area contributed by atoms with Gasteiger partial charge in [-0.1, -0.05) is 72.9 Å². The average molecular weight is 237 g/mol. The van der Waals surface area contributed by atoms with E-state index in [0.717, 1.165) is 5.56 Å². The van der Waals surface area contributed by atoms with Crippen molar-refractivity contribution >= 4 is 34.8 Å². The van der Waals surface area contributed by atoms with E-state index in [4.69, 9.17) is 34.8 Å². The highest BCUT2D eigenvalue weighted by Gasteiger charge is 2.22. The third-order valence-electron chi connectivity index (χ3n) is 1.79. The van der Waals surface area contributed by atoms with Crippen LogP contribution in [0.1, 0.15) is 25.0 Å². The van der Waals surface area contributed by atoms with Gasteiger partial charge in [-0.2, -0.15) is 0 Å². The second-order valence-corrected chi connectivity index (χ2v) is 5.36. The van der Waals surface area contributed by atoms with E-state index in [1.807, 2.05) is 38.1 Å². The van der Waals surface area contributed by atoms with Crippen LogP contribution in [-0.4, -0.2) is 0 Å². The second-order valence-electron chi connectivity index (χ2n) is 3.08. The summed E-state index contributed by atoms with van der Waals surface area (Å²) >= 11 is 17.1. The molecule has 0 aliphatic rings. The molecule has 1 rings (SSSR count). The molecule has 1 aromatic rings. The van der Waals surface area contributed by atoms with Gasteiger partial charge in [-0.05, 0) is 11.5 Å². The molecular weight excluding hydrogens is 226 g/mol. The van der Waals surface area contributed by atoms with Gasteiger partial charge in [-0.3, -0.25) is 0 Å². The highest BCUT2D eigenvalue weighted by Crippen LogP contribution is 2.38. The molecule has 1 aromatic carbocycles. The van der Waals surface area contributed by atoms with Crippen LogP contribution in [0.3, 0.4) is 0 Å². The van der Waals surface area contributed by atoms with Crippen LogP contribution in [0.5, 0.6) is 0 Å². The van der Waals surface area contributed by atoms with E-state index >= 15 is 0 Å².